The van der Waals surface area contributed by atoms with Crippen LogP contribution >= 0.6 is 15.9 Å². The number of benzene rings is 2. The minimum absolute atomic E-state index is 0.0426. The SMILES string of the molecule is CCOc1cc(C=C(C#N)C#N)ccc1OCc1ccc(Br)cc1. The monoisotopic (exact) mass is 382 g/mol. The van der Waals surface area contributed by atoms with Gasteiger partial charge in [0, 0.05) is 4.47 Å². The van der Waals surface area contributed by atoms with Crippen LogP contribution < -0.4 is 9.47 Å². The maximum Gasteiger partial charge on any atom is 0.161 e. The van der Waals surface area contributed by atoms with E-state index in [1.54, 1.807) is 18.2 Å². The lowest BCUT2D eigenvalue weighted by atomic mass is 10.1. The van der Waals surface area contributed by atoms with Crippen LogP contribution in [-0.2, 0) is 6.61 Å². The van der Waals surface area contributed by atoms with Crippen molar-refractivity contribution in [3.05, 3.63) is 63.6 Å². The fourth-order valence-corrected chi connectivity index (χ4v) is 2.26. The molecule has 4 nitrogen and oxygen atoms in total. The molecule has 0 aliphatic carbocycles. The normalized spacial score (nSPS) is 9.50. The molecule has 0 aliphatic heterocycles. The number of nitriles is 2. The van der Waals surface area contributed by atoms with Crippen LogP contribution in [0.15, 0.2) is 52.5 Å². The summed E-state index contributed by atoms with van der Waals surface area (Å²) in [5.74, 6) is 1.20. The van der Waals surface area contributed by atoms with Crippen LogP contribution in [0.25, 0.3) is 6.08 Å². The Morgan fingerprint density at radius 1 is 1.04 bits per heavy atom. The lowest BCUT2D eigenvalue weighted by Crippen LogP contribution is -2.00. The van der Waals surface area contributed by atoms with Crippen LogP contribution in [0.2, 0.25) is 0 Å². The Hall–Kier alpha value is -2.76. The summed E-state index contributed by atoms with van der Waals surface area (Å²) in [5, 5.41) is 17.7. The van der Waals surface area contributed by atoms with Crippen molar-refractivity contribution in [2.45, 2.75) is 13.5 Å². The average Bonchev–Trinajstić information content (AvgIpc) is 2.60. The Morgan fingerprint density at radius 2 is 1.75 bits per heavy atom. The van der Waals surface area contributed by atoms with Crippen LogP contribution in [-0.4, -0.2) is 6.61 Å². The van der Waals surface area contributed by atoms with Gasteiger partial charge in [-0.3, -0.25) is 0 Å². The highest BCUT2D eigenvalue weighted by Gasteiger charge is 2.07. The number of ether oxygens (including phenoxy) is 2. The molecule has 0 N–H and O–H groups in total. The van der Waals surface area contributed by atoms with E-state index in [9.17, 15) is 0 Å². The van der Waals surface area contributed by atoms with E-state index in [1.165, 1.54) is 6.08 Å². The minimum atomic E-state index is 0.0426. The Bertz CT molecular complexity index is 799. The third-order valence-electron chi connectivity index (χ3n) is 3.13. The van der Waals surface area contributed by atoms with E-state index in [0.29, 0.717) is 30.3 Å². The van der Waals surface area contributed by atoms with Crippen LogP contribution in [0.5, 0.6) is 11.5 Å². The number of hydrogen-bond acceptors (Lipinski definition) is 4. The van der Waals surface area contributed by atoms with Gasteiger partial charge in [-0.05, 0) is 48.4 Å². The van der Waals surface area contributed by atoms with Crippen molar-refractivity contribution in [2.24, 2.45) is 0 Å². The first-order valence-corrected chi connectivity index (χ1v) is 8.11. The molecule has 0 spiro atoms. The first kappa shape index (κ1) is 17.6. The van der Waals surface area contributed by atoms with E-state index in [4.69, 9.17) is 20.0 Å². The predicted molar refractivity (Wildman–Crippen MR) is 95.3 cm³/mol. The zero-order chi connectivity index (χ0) is 17.4. The van der Waals surface area contributed by atoms with E-state index in [-0.39, 0.29) is 5.57 Å². The van der Waals surface area contributed by atoms with Gasteiger partial charge in [0.2, 0.25) is 0 Å². The van der Waals surface area contributed by atoms with Gasteiger partial charge in [-0.15, -0.1) is 0 Å². The smallest absolute Gasteiger partial charge is 0.161 e. The molecule has 0 saturated carbocycles. The van der Waals surface area contributed by atoms with E-state index >= 15 is 0 Å². The van der Waals surface area contributed by atoms with Gasteiger partial charge in [0.1, 0.15) is 24.3 Å². The Balaban J connectivity index is 2.20. The van der Waals surface area contributed by atoms with Gasteiger partial charge >= 0.3 is 0 Å². The second-order valence-corrected chi connectivity index (χ2v) is 5.75. The molecule has 0 bridgehead atoms. The van der Waals surface area contributed by atoms with Crippen molar-refractivity contribution in [1.29, 1.82) is 10.5 Å². The fourth-order valence-electron chi connectivity index (χ4n) is 2.00. The molecule has 2 aromatic carbocycles. The van der Waals surface area contributed by atoms with Crippen molar-refractivity contribution in [1.82, 2.24) is 0 Å². The summed E-state index contributed by atoms with van der Waals surface area (Å²) in [6.07, 6.45) is 1.51. The van der Waals surface area contributed by atoms with Gasteiger partial charge in [0.25, 0.3) is 0 Å². The van der Waals surface area contributed by atoms with E-state index in [1.807, 2.05) is 43.3 Å². The van der Waals surface area contributed by atoms with E-state index in [2.05, 4.69) is 15.9 Å². The summed E-state index contributed by atoms with van der Waals surface area (Å²) in [7, 11) is 0. The quantitative estimate of drug-likeness (QED) is 0.669. The molecule has 0 atom stereocenters. The first-order valence-electron chi connectivity index (χ1n) is 7.32. The number of nitrogens with zero attached hydrogens (tertiary/aromatic N) is 2. The lowest BCUT2D eigenvalue weighted by molar-refractivity contribution is 0.269. The van der Waals surface area contributed by atoms with Crippen molar-refractivity contribution >= 4 is 22.0 Å². The number of halogens is 1. The molecule has 0 radical (unpaired) electrons. The van der Waals surface area contributed by atoms with E-state index < -0.39 is 0 Å². The molecule has 120 valence electrons. The molecular formula is C19H15BrN2O2. The maximum absolute atomic E-state index is 8.84. The van der Waals surface area contributed by atoms with Gasteiger partial charge in [-0.2, -0.15) is 10.5 Å². The molecule has 0 aromatic heterocycles. The molecule has 24 heavy (non-hydrogen) atoms. The van der Waals surface area contributed by atoms with Crippen LogP contribution in [0.1, 0.15) is 18.1 Å². The molecule has 0 amide bonds. The maximum atomic E-state index is 8.84. The minimum Gasteiger partial charge on any atom is -0.490 e. The Labute approximate surface area is 149 Å². The molecule has 0 fully saturated rings. The average molecular weight is 383 g/mol. The van der Waals surface area contributed by atoms with Crippen LogP contribution in [0, 0.1) is 22.7 Å². The van der Waals surface area contributed by atoms with Crippen molar-refractivity contribution in [2.75, 3.05) is 6.61 Å². The Morgan fingerprint density at radius 3 is 2.38 bits per heavy atom. The Kier molecular flexibility index (Phi) is 6.42. The summed E-state index contributed by atoms with van der Waals surface area (Å²) in [6, 6.07) is 16.9. The summed E-state index contributed by atoms with van der Waals surface area (Å²) in [5.41, 5.74) is 1.80. The predicted octanol–water partition coefficient (Wildman–Crippen LogP) is 4.86. The molecule has 2 rings (SSSR count). The van der Waals surface area contributed by atoms with Crippen LogP contribution in [0.4, 0.5) is 0 Å². The summed E-state index contributed by atoms with van der Waals surface area (Å²) >= 11 is 3.40. The van der Waals surface area contributed by atoms with Gasteiger partial charge in [0.05, 0.1) is 6.61 Å². The second kappa shape index (κ2) is 8.76. The number of rotatable bonds is 6. The molecule has 0 unspecified atom stereocenters. The second-order valence-electron chi connectivity index (χ2n) is 4.84. The van der Waals surface area contributed by atoms with Crippen molar-refractivity contribution < 1.29 is 9.47 Å². The van der Waals surface area contributed by atoms with Gasteiger partial charge in [0.15, 0.2) is 11.5 Å². The zero-order valence-corrected chi connectivity index (χ0v) is 14.7. The largest absolute Gasteiger partial charge is 0.490 e. The van der Waals surface area contributed by atoms with E-state index in [0.717, 1.165) is 10.0 Å². The van der Waals surface area contributed by atoms with Gasteiger partial charge in [-0.1, -0.05) is 34.1 Å². The number of hydrogen-bond donors (Lipinski definition) is 0. The highest BCUT2D eigenvalue weighted by atomic mass is 79.9. The van der Waals surface area contributed by atoms with Crippen molar-refractivity contribution in [3.63, 3.8) is 0 Å². The third-order valence-corrected chi connectivity index (χ3v) is 3.66. The standard InChI is InChI=1S/C19H15BrN2O2/c1-2-23-19-10-15(9-16(11-21)12-22)5-8-18(19)24-13-14-3-6-17(20)7-4-14/h3-10H,2,13H2,1H3. The van der Waals surface area contributed by atoms with Crippen LogP contribution in [0.3, 0.4) is 0 Å². The molecule has 0 aliphatic rings. The fraction of sp³-hybridized carbons (Fsp3) is 0.158. The number of allylic oxidation sites excluding steroid dienone is 1. The van der Waals surface area contributed by atoms with Gasteiger partial charge < -0.3 is 9.47 Å². The first-order chi connectivity index (χ1) is 11.7. The highest BCUT2D eigenvalue weighted by Crippen LogP contribution is 2.30. The summed E-state index contributed by atoms with van der Waals surface area (Å²) in [4.78, 5) is 0. The molecule has 0 saturated heterocycles. The summed E-state index contributed by atoms with van der Waals surface area (Å²) < 4.78 is 12.5. The third kappa shape index (κ3) is 4.87. The van der Waals surface area contributed by atoms with Crippen molar-refractivity contribution in [3.8, 4) is 23.6 Å². The lowest BCUT2D eigenvalue weighted by Gasteiger charge is -2.13. The molecule has 0 heterocycles. The molecule has 2 aromatic rings. The molecular weight excluding hydrogens is 368 g/mol. The summed E-state index contributed by atoms with van der Waals surface area (Å²) in [6.45, 7) is 2.80. The zero-order valence-electron chi connectivity index (χ0n) is 13.1. The highest BCUT2D eigenvalue weighted by molar-refractivity contribution is 9.10. The van der Waals surface area contributed by atoms with Gasteiger partial charge in [-0.25, -0.2) is 0 Å². The molecule has 5 heteroatoms. The topological polar surface area (TPSA) is 66.0 Å².